The van der Waals surface area contributed by atoms with Crippen molar-refractivity contribution >= 4 is 17.8 Å². The smallest absolute Gasteiger partial charge is 0.327 e. The van der Waals surface area contributed by atoms with Gasteiger partial charge in [-0.1, -0.05) is 30.3 Å². The number of rotatable bonds is 4. The zero-order chi connectivity index (χ0) is 17.2. The second-order valence-corrected chi connectivity index (χ2v) is 6.58. The first-order valence-electron chi connectivity index (χ1n) is 8.36. The maximum absolute atomic E-state index is 12.7. The minimum atomic E-state index is -1.16. The van der Waals surface area contributed by atoms with Crippen LogP contribution in [0.3, 0.4) is 0 Å². The van der Waals surface area contributed by atoms with E-state index in [0.717, 1.165) is 30.9 Å². The zero-order valence-electron chi connectivity index (χ0n) is 13.8. The molecule has 3 N–H and O–H groups in total. The van der Waals surface area contributed by atoms with E-state index in [4.69, 9.17) is 0 Å². The molecule has 7 heteroatoms. The van der Waals surface area contributed by atoms with Gasteiger partial charge in [-0.05, 0) is 31.7 Å². The Bertz CT molecular complexity index is 642. The number of benzene rings is 1. The van der Waals surface area contributed by atoms with Crippen molar-refractivity contribution in [3.63, 3.8) is 0 Å². The molecule has 2 aliphatic rings. The van der Waals surface area contributed by atoms with E-state index in [9.17, 15) is 14.4 Å². The lowest BCUT2D eigenvalue weighted by atomic mass is 9.92. The lowest BCUT2D eigenvalue weighted by Gasteiger charge is -2.24. The van der Waals surface area contributed by atoms with Crippen LogP contribution in [-0.2, 0) is 15.1 Å². The van der Waals surface area contributed by atoms with Gasteiger partial charge in [-0.3, -0.25) is 15.0 Å². The summed E-state index contributed by atoms with van der Waals surface area (Å²) in [7, 11) is 0. The van der Waals surface area contributed by atoms with Crippen molar-refractivity contribution in [2.24, 2.45) is 0 Å². The molecule has 0 aliphatic carbocycles. The maximum Gasteiger partial charge on any atom is 0.344 e. The van der Waals surface area contributed by atoms with E-state index in [1.807, 2.05) is 6.07 Å². The van der Waals surface area contributed by atoms with Gasteiger partial charge in [0, 0.05) is 0 Å². The van der Waals surface area contributed by atoms with Gasteiger partial charge in [-0.25, -0.2) is 4.79 Å². The van der Waals surface area contributed by atoms with Gasteiger partial charge in [0.05, 0.1) is 13.1 Å². The lowest BCUT2D eigenvalue weighted by molar-refractivity contribution is -0.896. The highest BCUT2D eigenvalue weighted by molar-refractivity contribution is 6.08. The van der Waals surface area contributed by atoms with E-state index in [1.54, 1.807) is 31.2 Å². The number of carbonyl (C=O) groups excluding carboxylic acids is 3. The summed E-state index contributed by atoms with van der Waals surface area (Å²) in [5.74, 6) is -0.784. The molecule has 2 aliphatic heterocycles. The van der Waals surface area contributed by atoms with Crippen LogP contribution in [-0.4, -0.2) is 42.5 Å². The average Bonchev–Trinajstić information content (AvgIpc) is 2.81. The van der Waals surface area contributed by atoms with Crippen molar-refractivity contribution < 1.29 is 19.3 Å². The number of hydrogen-bond donors (Lipinski definition) is 3. The second-order valence-electron chi connectivity index (χ2n) is 6.58. The van der Waals surface area contributed by atoms with Crippen LogP contribution in [0, 0.1) is 0 Å². The Morgan fingerprint density at radius 3 is 2.54 bits per heavy atom. The number of amides is 4. The van der Waals surface area contributed by atoms with Crippen LogP contribution in [0.25, 0.3) is 0 Å². The summed E-state index contributed by atoms with van der Waals surface area (Å²) < 4.78 is 0. The number of nitrogens with one attached hydrogen (secondary N) is 3. The molecule has 2 heterocycles. The summed E-state index contributed by atoms with van der Waals surface area (Å²) in [5, 5.41) is 3.48. The fourth-order valence-electron chi connectivity index (χ4n) is 3.33. The van der Waals surface area contributed by atoms with Crippen molar-refractivity contribution in [1.82, 2.24) is 15.8 Å². The highest BCUT2D eigenvalue weighted by Crippen LogP contribution is 2.27. The Balaban J connectivity index is 1.67. The van der Waals surface area contributed by atoms with Gasteiger partial charge in [0.2, 0.25) is 0 Å². The summed E-state index contributed by atoms with van der Waals surface area (Å²) in [6.45, 7) is 3.83. The van der Waals surface area contributed by atoms with E-state index < -0.39 is 17.5 Å². The molecule has 4 amide bonds. The first kappa shape index (κ1) is 16.4. The van der Waals surface area contributed by atoms with E-state index in [0.29, 0.717) is 5.56 Å². The van der Waals surface area contributed by atoms with Gasteiger partial charge in [-0.2, -0.15) is 5.01 Å². The van der Waals surface area contributed by atoms with Crippen LogP contribution in [0.1, 0.15) is 31.7 Å². The number of carbonyl (C=O) groups is 3. The van der Waals surface area contributed by atoms with E-state index in [2.05, 4.69) is 10.7 Å². The molecule has 3 rings (SSSR count). The Morgan fingerprint density at radius 2 is 1.88 bits per heavy atom. The Morgan fingerprint density at radius 1 is 1.21 bits per heavy atom. The highest BCUT2D eigenvalue weighted by Gasteiger charge is 2.50. The summed E-state index contributed by atoms with van der Waals surface area (Å²) in [6, 6.07) is 8.41. The van der Waals surface area contributed by atoms with Gasteiger partial charge in [0.25, 0.3) is 11.8 Å². The monoisotopic (exact) mass is 331 g/mol. The van der Waals surface area contributed by atoms with E-state index in [-0.39, 0.29) is 12.5 Å². The van der Waals surface area contributed by atoms with Crippen LogP contribution in [0.5, 0.6) is 0 Å². The molecule has 128 valence electrons. The standard InChI is InChI=1S/C17H22N4O3/c1-17(13-8-4-2-5-9-13)15(23)21(16(24)18-17)19-14(22)12-20-10-6-3-7-11-20/h2,4-5,8-9H,3,6-7,10-12H2,1H3,(H,18,24)(H,19,22)/p+1/t17-/m1/s1. The van der Waals surface area contributed by atoms with Crippen molar-refractivity contribution in [3.8, 4) is 0 Å². The predicted octanol–water partition coefficient (Wildman–Crippen LogP) is -0.446. The third kappa shape index (κ3) is 3.12. The van der Waals surface area contributed by atoms with Crippen molar-refractivity contribution in [2.45, 2.75) is 31.7 Å². The normalized spacial score (nSPS) is 24.8. The number of nitrogens with zero attached hydrogens (tertiary/aromatic N) is 1. The topological polar surface area (TPSA) is 83.0 Å². The molecule has 0 saturated carbocycles. The molecule has 7 nitrogen and oxygen atoms in total. The summed E-state index contributed by atoms with van der Waals surface area (Å²) in [6.07, 6.45) is 3.42. The van der Waals surface area contributed by atoms with Gasteiger partial charge in [0.15, 0.2) is 6.54 Å². The number of imide groups is 1. The van der Waals surface area contributed by atoms with Gasteiger partial charge < -0.3 is 10.2 Å². The van der Waals surface area contributed by atoms with Crippen LogP contribution < -0.4 is 15.6 Å². The maximum atomic E-state index is 12.7. The molecule has 2 fully saturated rings. The number of likely N-dealkylation sites (tertiary alicyclic amines) is 1. The van der Waals surface area contributed by atoms with Crippen LogP contribution >= 0.6 is 0 Å². The Kier molecular flexibility index (Phi) is 4.53. The summed E-state index contributed by atoms with van der Waals surface area (Å²) >= 11 is 0. The third-order valence-corrected chi connectivity index (χ3v) is 4.75. The largest absolute Gasteiger partial charge is 0.344 e. The fourth-order valence-corrected chi connectivity index (χ4v) is 3.33. The number of piperidine rings is 1. The molecular weight excluding hydrogens is 308 g/mol. The first-order valence-corrected chi connectivity index (χ1v) is 8.36. The average molecular weight is 331 g/mol. The number of quaternary nitrogens is 1. The molecule has 2 saturated heterocycles. The molecule has 0 spiro atoms. The molecule has 0 radical (unpaired) electrons. The van der Waals surface area contributed by atoms with Crippen molar-refractivity contribution in [2.75, 3.05) is 19.6 Å². The molecule has 1 atom stereocenters. The molecule has 1 aromatic rings. The Hall–Kier alpha value is -2.41. The quantitative estimate of drug-likeness (QED) is 0.654. The van der Waals surface area contributed by atoms with Crippen molar-refractivity contribution in [3.05, 3.63) is 35.9 Å². The molecular formula is C17H23N4O3+. The lowest BCUT2D eigenvalue weighted by Crippen LogP contribution is -3.14. The second kappa shape index (κ2) is 6.60. The minimum Gasteiger partial charge on any atom is -0.327 e. The van der Waals surface area contributed by atoms with Crippen LogP contribution in [0.2, 0.25) is 0 Å². The van der Waals surface area contributed by atoms with Gasteiger partial charge in [0.1, 0.15) is 5.54 Å². The number of hydrazine groups is 1. The third-order valence-electron chi connectivity index (χ3n) is 4.75. The zero-order valence-corrected chi connectivity index (χ0v) is 13.8. The molecule has 0 unspecified atom stereocenters. The highest BCUT2D eigenvalue weighted by atomic mass is 16.2. The molecule has 0 bridgehead atoms. The number of urea groups is 1. The van der Waals surface area contributed by atoms with Gasteiger partial charge >= 0.3 is 6.03 Å². The molecule has 0 aromatic heterocycles. The first-order chi connectivity index (χ1) is 11.5. The molecule has 1 aromatic carbocycles. The molecule has 24 heavy (non-hydrogen) atoms. The predicted molar refractivity (Wildman–Crippen MR) is 86.7 cm³/mol. The van der Waals surface area contributed by atoms with Crippen molar-refractivity contribution in [1.29, 1.82) is 0 Å². The van der Waals surface area contributed by atoms with E-state index >= 15 is 0 Å². The number of hydrogen-bond acceptors (Lipinski definition) is 3. The summed E-state index contributed by atoms with van der Waals surface area (Å²) in [4.78, 5) is 38.3. The minimum absolute atomic E-state index is 0.277. The van der Waals surface area contributed by atoms with Crippen LogP contribution in [0.15, 0.2) is 30.3 Å². The van der Waals surface area contributed by atoms with Crippen LogP contribution in [0.4, 0.5) is 4.79 Å². The SMILES string of the molecule is C[C@]1(c2ccccc2)NC(=O)N(NC(=O)C[NH+]2CCCCC2)C1=O. The van der Waals surface area contributed by atoms with E-state index in [1.165, 1.54) is 11.3 Å². The van der Waals surface area contributed by atoms with Gasteiger partial charge in [-0.15, -0.1) is 0 Å². The fraction of sp³-hybridized carbons (Fsp3) is 0.471. The summed E-state index contributed by atoms with van der Waals surface area (Å²) in [5.41, 5.74) is 1.98. The Labute approximate surface area is 141 Å².